The molecule has 0 aromatic carbocycles. The molecule has 2 aromatic heterocycles. The summed E-state index contributed by atoms with van der Waals surface area (Å²) in [5.74, 6) is 0.256. The summed E-state index contributed by atoms with van der Waals surface area (Å²) in [6.07, 6.45) is 1.50. The smallest absolute Gasteiger partial charge is 0.261 e. The molecule has 0 saturated heterocycles. The van der Waals surface area contributed by atoms with Gasteiger partial charge in [0.15, 0.2) is 0 Å². The Bertz CT molecular complexity index is 484. The summed E-state index contributed by atoms with van der Waals surface area (Å²) in [7, 11) is 1.45. The normalized spacial score (nSPS) is 9.85. The number of pyridine rings is 1. The van der Waals surface area contributed by atoms with Gasteiger partial charge in [-0.1, -0.05) is 5.16 Å². The second-order valence-electron chi connectivity index (χ2n) is 2.38. The van der Waals surface area contributed by atoms with Crippen molar-refractivity contribution in [2.24, 2.45) is 0 Å². The first kappa shape index (κ1) is 7.55. The van der Waals surface area contributed by atoms with E-state index in [0.717, 1.165) is 0 Å². The van der Waals surface area contributed by atoms with Gasteiger partial charge in [0.2, 0.25) is 5.88 Å². The van der Waals surface area contributed by atoms with Gasteiger partial charge in [0.05, 0.1) is 18.7 Å². The van der Waals surface area contributed by atoms with Crippen LogP contribution in [0.1, 0.15) is 5.56 Å². The van der Waals surface area contributed by atoms with Crippen LogP contribution in [0.4, 0.5) is 0 Å². The van der Waals surface area contributed by atoms with E-state index in [-0.39, 0.29) is 5.88 Å². The number of rotatable bonds is 1. The van der Waals surface area contributed by atoms with Gasteiger partial charge in [0.25, 0.3) is 5.71 Å². The molecule has 13 heavy (non-hydrogen) atoms. The number of nitriles is 1. The van der Waals surface area contributed by atoms with Crippen molar-refractivity contribution < 1.29 is 9.26 Å². The van der Waals surface area contributed by atoms with Crippen LogP contribution in [0.2, 0.25) is 0 Å². The Morgan fingerprint density at radius 3 is 3.15 bits per heavy atom. The molecular formula is C8H5N3O2. The lowest BCUT2D eigenvalue weighted by molar-refractivity contribution is 0.390. The molecule has 0 unspecified atom stereocenters. The number of ether oxygens (including phenoxy) is 1. The fourth-order valence-corrected chi connectivity index (χ4v) is 1.03. The van der Waals surface area contributed by atoms with Crippen LogP contribution in [-0.4, -0.2) is 17.3 Å². The zero-order valence-electron chi connectivity index (χ0n) is 6.81. The third-order valence-corrected chi connectivity index (χ3v) is 1.63. The van der Waals surface area contributed by atoms with Crippen molar-refractivity contribution in [2.45, 2.75) is 0 Å². The van der Waals surface area contributed by atoms with E-state index in [1.54, 1.807) is 6.07 Å². The van der Waals surface area contributed by atoms with E-state index in [1.807, 2.05) is 6.07 Å². The van der Waals surface area contributed by atoms with Gasteiger partial charge in [-0.05, 0) is 6.07 Å². The zero-order chi connectivity index (χ0) is 9.26. The van der Waals surface area contributed by atoms with E-state index >= 15 is 0 Å². The Balaban J connectivity index is 2.76. The Labute approximate surface area is 73.5 Å². The number of nitrogens with zero attached hydrogens (tertiary/aromatic N) is 3. The molecule has 2 rings (SSSR count). The highest BCUT2D eigenvalue weighted by Crippen LogP contribution is 2.20. The summed E-state index contributed by atoms with van der Waals surface area (Å²) < 4.78 is 9.70. The van der Waals surface area contributed by atoms with E-state index < -0.39 is 0 Å². The van der Waals surface area contributed by atoms with Crippen LogP contribution >= 0.6 is 0 Å². The summed E-state index contributed by atoms with van der Waals surface area (Å²) in [5.41, 5.74) is 0.744. The highest BCUT2D eigenvalue weighted by atomic mass is 16.5. The quantitative estimate of drug-likeness (QED) is 0.648. The average Bonchev–Trinajstić information content (AvgIpc) is 2.62. The summed E-state index contributed by atoms with van der Waals surface area (Å²) in [4.78, 5) is 3.95. The van der Waals surface area contributed by atoms with E-state index in [0.29, 0.717) is 16.7 Å². The predicted octanol–water partition coefficient (Wildman–Crippen LogP) is 1.10. The van der Waals surface area contributed by atoms with Crippen LogP contribution in [-0.2, 0) is 0 Å². The van der Waals surface area contributed by atoms with Gasteiger partial charge < -0.3 is 9.26 Å². The van der Waals surface area contributed by atoms with Crippen LogP contribution in [0.5, 0.6) is 5.88 Å². The number of methoxy groups -OCH3 is 1. The number of hydrogen-bond donors (Lipinski definition) is 0. The second-order valence-corrected chi connectivity index (χ2v) is 2.38. The van der Waals surface area contributed by atoms with Crippen LogP contribution in [0, 0.1) is 11.3 Å². The lowest BCUT2D eigenvalue weighted by atomic mass is 10.2. The predicted molar refractivity (Wildman–Crippen MR) is 43.1 cm³/mol. The Morgan fingerprint density at radius 1 is 1.62 bits per heavy atom. The van der Waals surface area contributed by atoms with Gasteiger partial charge in [-0.15, -0.1) is 0 Å². The Kier molecular flexibility index (Phi) is 1.60. The second kappa shape index (κ2) is 2.75. The van der Waals surface area contributed by atoms with Crippen LogP contribution in [0.15, 0.2) is 16.8 Å². The molecule has 0 aliphatic heterocycles. The summed E-state index contributed by atoms with van der Waals surface area (Å²) in [6.45, 7) is 0. The molecule has 0 saturated carbocycles. The van der Waals surface area contributed by atoms with Crippen LogP contribution < -0.4 is 4.74 Å². The molecular weight excluding hydrogens is 170 g/mol. The van der Waals surface area contributed by atoms with Crippen LogP contribution in [0.25, 0.3) is 11.1 Å². The molecule has 5 heteroatoms. The van der Waals surface area contributed by atoms with Crippen molar-refractivity contribution in [3.63, 3.8) is 0 Å². The van der Waals surface area contributed by atoms with Gasteiger partial charge in [-0.25, -0.2) is 0 Å². The molecule has 64 valence electrons. The van der Waals surface area contributed by atoms with Crippen LogP contribution in [0.3, 0.4) is 0 Å². The number of fused-ring (bicyclic) bond motifs is 1. The van der Waals surface area contributed by atoms with E-state index in [4.69, 9.17) is 14.5 Å². The maximum absolute atomic E-state index is 8.73. The molecule has 0 spiro atoms. The minimum atomic E-state index is 0.256. The van der Waals surface area contributed by atoms with Crippen molar-refractivity contribution in [3.05, 3.63) is 17.8 Å². The number of aromatic nitrogens is 2. The van der Waals surface area contributed by atoms with Crippen molar-refractivity contribution in [3.8, 4) is 11.9 Å². The topological polar surface area (TPSA) is 71.9 Å². The van der Waals surface area contributed by atoms with Crippen molar-refractivity contribution in [1.29, 1.82) is 5.26 Å². The molecule has 0 atom stereocenters. The van der Waals surface area contributed by atoms with Gasteiger partial charge in [-0.2, -0.15) is 10.2 Å². The van der Waals surface area contributed by atoms with E-state index in [1.165, 1.54) is 13.3 Å². The molecule has 0 amide bonds. The summed E-state index contributed by atoms with van der Waals surface area (Å²) in [5, 5.41) is 13.0. The van der Waals surface area contributed by atoms with Crippen molar-refractivity contribution in [1.82, 2.24) is 10.1 Å². The maximum atomic E-state index is 8.73. The first-order valence-corrected chi connectivity index (χ1v) is 3.54. The van der Waals surface area contributed by atoms with Gasteiger partial charge in [0, 0.05) is 0 Å². The molecule has 5 nitrogen and oxygen atoms in total. The highest BCUT2D eigenvalue weighted by Gasteiger charge is 2.08. The molecule has 0 aliphatic rings. The van der Waals surface area contributed by atoms with Crippen molar-refractivity contribution in [2.75, 3.05) is 7.11 Å². The minimum Gasteiger partial charge on any atom is -0.480 e. The third-order valence-electron chi connectivity index (χ3n) is 1.63. The SMILES string of the molecule is COc1nc2oncc2cc1C#N. The van der Waals surface area contributed by atoms with Gasteiger partial charge in [-0.3, -0.25) is 0 Å². The fraction of sp³-hybridized carbons (Fsp3) is 0.125. The molecule has 0 fully saturated rings. The molecule has 0 radical (unpaired) electrons. The van der Waals surface area contributed by atoms with Gasteiger partial charge in [0.1, 0.15) is 11.6 Å². The first-order chi connectivity index (χ1) is 6.35. The largest absolute Gasteiger partial charge is 0.480 e. The van der Waals surface area contributed by atoms with Gasteiger partial charge >= 0.3 is 0 Å². The highest BCUT2D eigenvalue weighted by molar-refractivity contribution is 5.74. The fourth-order valence-electron chi connectivity index (χ4n) is 1.03. The lowest BCUT2D eigenvalue weighted by Gasteiger charge is -1.98. The Hall–Kier alpha value is -2.09. The lowest BCUT2D eigenvalue weighted by Crippen LogP contribution is -1.91. The summed E-state index contributed by atoms with van der Waals surface area (Å²) >= 11 is 0. The molecule has 0 bridgehead atoms. The van der Waals surface area contributed by atoms with E-state index in [2.05, 4.69) is 10.1 Å². The molecule has 2 heterocycles. The van der Waals surface area contributed by atoms with E-state index in [9.17, 15) is 0 Å². The maximum Gasteiger partial charge on any atom is 0.261 e. The standard InChI is InChI=1S/C8H5N3O2/c1-12-7-5(3-9)2-6-4-10-13-8(6)11-7/h2,4H,1H3. The summed E-state index contributed by atoms with van der Waals surface area (Å²) in [6, 6.07) is 3.59. The third kappa shape index (κ3) is 1.08. The molecule has 0 N–H and O–H groups in total. The van der Waals surface area contributed by atoms with Crippen molar-refractivity contribution >= 4 is 11.1 Å². The molecule has 2 aromatic rings. The monoisotopic (exact) mass is 175 g/mol. The Morgan fingerprint density at radius 2 is 2.46 bits per heavy atom. The first-order valence-electron chi connectivity index (χ1n) is 3.54. The average molecular weight is 175 g/mol. The molecule has 0 aliphatic carbocycles. The number of hydrogen-bond acceptors (Lipinski definition) is 5. The minimum absolute atomic E-state index is 0.256. The zero-order valence-corrected chi connectivity index (χ0v) is 6.81.